The number of carbonyl (C=O) groups excluding carboxylic acids is 1. The van der Waals surface area contributed by atoms with Crippen LogP contribution in [0, 0.1) is 5.92 Å². The van der Waals surface area contributed by atoms with Crippen molar-refractivity contribution in [2.24, 2.45) is 5.92 Å². The summed E-state index contributed by atoms with van der Waals surface area (Å²) in [4.78, 5) is 12.8. The Morgan fingerprint density at radius 2 is 1.92 bits per heavy atom. The van der Waals surface area contributed by atoms with E-state index in [-0.39, 0.29) is 36.8 Å². The van der Waals surface area contributed by atoms with E-state index < -0.39 is 10.0 Å². The molecule has 0 radical (unpaired) electrons. The lowest BCUT2D eigenvalue weighted by molar-refractivity contribution is -0.126. The van der Waals surface area contributed by atoms with Crippen molar-refractivity contribution in [3.63, 3.8) is 0 Å². The molecule has 3 rings (SSSR count). The molecule has 6 nitrogen and oxygen atoms in total. The highest BCUT2D eigenvalue weighted by molar-refractivity contribution is 7.89. The molecule has 2 aliphatic heterocycles. The van der Waals surface area contributed by atoms with Crippen molar-refractivity contribution in [2.45, 2.75) is 36.6 Å². The Balaban J connectivity index is 0.00000225. The molecule has 140 valence electrons. The van der Waals surface area contributed by atoms with Gasteiger partial charge in [-0.15, -0.1) is 12.4 Å². The van der Waals surface area contributed by atoms with Crippen LogP contribution in [0.3, 0.4) is 0 Å². The summed E-state index contributed by atoms with van der Waals surface area (Å²) in [5.74, 6) is -0.282. The van der Waals surface area contributed by atoms with Crippen LogP contribution in [0.1, 0.15) is 25.7 Å². The Bertz CT molecular complexity index is 663. The Hall–Kier alpha value is -1.15. The summed E-state index contributed by atoms with van der Waals surface area (Å²) in [5.41, 5.74) is 0. The third kappa shape index (κ3) is 4.94. The summed E-state index contributed by atoms with van der Waals surface area (Å²) in [6.45, 7) is 2.54. The quantitative estimate of drug-likeness (QED) is 0.818. The number of halogens is 1. The van der Waals surface area contributed by atoms with E-state index in [2.05, 4.69) is 10.6 Å². The fourth-order valence-corrected chi connectivity index (χ4v) is 4.96. The van der Waals surface area contributed by atoms with Gasteiger partial charge in [0.2, 0.25) is 15.9 Å². The predicted molar refractivity (Wildman–Crippen MR) is 99.2 cm³/mol. The fraction of sp³-hybridized carbons (Fsp3) is 0.588. The first kappa shape index (κ1) is 20.2. The topological polar surface area (TPSA) is 78.5 Å². The number of nitrogens with one attached hydrogen (secondary N) is 2. The van der Waals surface area contributed by atoms with Crippen LogP contribution in [0.2, 0.25) is 0 Å². The second-order valence-electron chi connectivity index (χ2n) is 6.57. The largest absolute Gasteiger partial charge is 0.352 e. The van der Waals surface area contributed by atoms with Gasteiger partial charge in [-0.05, 0) is 44.4 Å². The van der Waals surface area contributed by atoms with Crippen LogP contribution < -0.4 is 10.6 Å². The molecule has 2 aliphatic rings. The summed E-state index contributed by atoms with van der Waals surface area (Å²) < 4.78 is 26.9. The molecule has 2 saturated heterocycles. The number of carbonyl (C=O) groups is 1. The maximum absolute atomic E-state index is 12.7. The van der Waals surface area contributed by atoms with Crippen LogP contribution in [0.25, 0.3) is 0 Å². The number of rotatable bonds is 4. The fourth-order valence-electron chi connectivity index (χ4n) is 3.41. The van der Waals surface area contributed by atoms with Crippen LogP contribution in [0.4, 0.5) is 0 Å². The first-order chi connectivity index (χ1) is 11.6. The lowest BCUT2D eigenvalue weighted by Crippen LogP contribution is -2.51. The standard InChI is InChI=1S/C17H25N3O3S.ClH/c21-17(19-15-7-4-10-18-12-15)14-6-5-11-20(13-14)24(22,23)16-8-2-1-3-9-16;/h1-3,8-9,14-15,18H,4-7,10-13H2,(H,19,21);1H. The van der Waals surface area contributed by atoms with Gasteiger partial charge in [0.1, 0.15) is 0 Å². The molecule has 25 heavy (non-hydrogen) atoms. The molecule has 1 aromatic carbocycles. The molecule has 0 aliphatic carbocycles. The second-order valence-corrected chi connectivity index (χ2v) is 8.51. The van der Waals surface area contributed by atoms with Gasteiger partial charge in [0.05, 0.1) is 10.8 Å². The van der Waals surface area contributed by atoms with E-state index in [1.165, 1.54) is 4.31 Å². The second kappa shape index (κ2) is 8.98. The molecule has 2 unspecified atom stereocenters. The average Bonchev–Trinajstić information content (AvgIpc) is 2.63. The Kier molecular flexibility index (Phi) is 7.25. The number of piperidine rings is 2. The molecule has 0 bridgehead atoms. The number of hydrogen-bond donors (Lipinski definition) is 2. The van der Waals surface area contributed by atoms with Crippen molar-refractivity contribution in [3.05, 3.63) is 30.3 Å². The number of sulfonamides is 1. The zero-order chi connectivity index (χ0) is 17.0. The van der Waals surface area contributed by atoms with Crippen LogP contribution >= 0.6 is 12.4 Å². The monoisotopic (exact) mass is 387 g/mol. The van der Waals surface area contributed by atoms with Crippen LogP contribution in [-0.4, -0.2) is 50.9 Å². The lowest BCUT2D eigenvalue weighted by atomic mass is 9.97. The highest BCUT2D eigenvalue weighted by atomic mass is 35.5. The molecule has 2 fully saturated rings. The van der Waals surface area contributed by atoms with E-state index in [9.17, 15) is 13.2 Å². The zero-order valence-corrected chi connectivity index (χ0v) is 15.8. The molecule has 2 N–H and O–H groups in total. The van der Waals surface area contributed by atoms with Crippen molar-refractivity contribution in [1.82, 2.24) is 14.9 Å². The van der Waals surface area contributed by atoms with Gasteiger partial charge < -0.3 is 10.6 Å². The highest BCUT2D eigenvalue weighted by Gasteiger charge is 2.33. The summed E-state index contributed by atoms with van der Waals surface area (Å²) in [6.07, 6.45) is 3.50. The van der Waals surface area contributed by atoms with Crippen LogP contribution in [0.15, 0.2) is 35.2 Å². The van der Waals surface area contributed by atoms with Gasteiger partial charge >= 0.3 is 0 Å². The van der Waals surface area contributed by atoms with E-state index in [0.29, 0.717) is 17.9 Å². The minimum absolute atomic E-state index is 0. The van der Waals surface area contributed by atoms with Gasteiger partial charge in [-0.25, -0.2) is 8.42 Å². The molecule has 0 spiro atoms. The smallest absolute Gasteiger partial charge is 0.243 e. The molecule has 0 aromatic heterocycles. The van der Waals surface area contributed by atoms with E-state index in [1.54, 1.807) is 30.3 Å². The summed E-state index contributed by atoms with van der Waals surface area (Å²) in [7, 11) is -3.52. The minimum atomic E-state index is -3.52. The molecule has 2 heterocycles. The number of nitrogens with zero attached hydrogens (tertiary/aromatic N) is 1. The van der Waals surface area contributed by atoms with Crippen LogP contribution in [-0.2, 0) is 14.8 Å². The Morgan fingerprint density at radius 1 is 1.16 bits per heavy atom. The van der Waals surface area contributed by atoms with Gasteiger partial charge in [-0.2, -0.15) is 4.31 Å². The van der Waals surface area contributed by atoms with Crippen molar-refractivity contribution >= 4 is 28.3 Å². The summed E-state index contributed by atoms with van der Waals surface area (Å²) in [6, 6.07) is 8.60. The third-order valence-corrected chi connectivity index (χ3v) is 6.66. The summed E-state index contributed by atoms with van der Waals surface area (Å²) >= 11 is 0. The van der Waals surface area contributed by atoms with Crippen molar-refractivity contribution < 1.29 is 13.2 Å². The molecule has 0 saturated carbocycles. The lowest BCUT2D eigenvalue weighted by Gasteiger charge is -2.33. The maximum atomic E-state index is 12.7. The van der Waals surface area contributed by atoms with Crippen LogP contribution in [0.5, 0.6) is 0 Å². The molecule has 1 amide bonds. The average molecular weight is 388 g/mol. The van der Waals surface area contributed by atoms with Gasteiger partial charge in [-0.3, -0.25) is 4.79 Å². The molecule has 8 heteroatoms. The van der Waals surface area contributed by atoms with Crippen molar-refractivity contribution in [1.29, 1.82) is 0 Å². The van der Waals surface area contributed by atoms with Gasteiger partial charge in [0.15, 0.2) is 0 Å². The van der Waals surface area contributed by atoms with Crippen molar-refractivity contribution in [2.75, 3.05) is 26.2 Å². The van der Waals surface area contributed by atoms with Gasteiger partial charge in [0.25, 0.3) is 0 Å². The van der Waals surface area contributed by atoms with E-state index in [1.807, 2.05) is 0 Å². The Morgan fingerprint density at radius 3 is 2.60 bits per heavy atom. The molecular formula is C17H26ClN3O3S. The predicted octanol–water partition coefficient (Wildman–Crippen LogP) is 1.38. The summed E-state index contributed by atoms with van der Waals surface area (Å²) in [5, 5.41) is 6.35. The first-order valence-electron chi connectivity index (χ1n) is 8.63. The normalized spacial score (nSPS) is 25.0. The molecular weight excluding hydrogens is 362 g/mol. The van der Waals surface area contributed by atoms with Crippen molar-refractivity contribution in [3.8, 4) is 0 Å². The highest BCUT2D eigenvalue weighted by Crippen LogP contribution is 2.24. The third-order valence-electron chi connectivity index (χ3n) is 4.78. The molecule has 2 atom stereocenters. The zero-order valence-electron chi connectivity index (χ0n) is 14.2. The number of amides is 1. The van der Waals surface area contributed by atoms with E-state index in [4.69, 9.17) is 0 Å². The number of benzene rings is 1. The number of hydrogen-bond acceptors (Lipinski definition) is 4. The van der Waals surface area contributed by atoms with Gasteiger partial charge in [-0.1, -0.05) is 18.2 Å². The minimum Gasteiger partial charge on any atom is -0.352 e. The van der Waals surface area contributed by atoms with Gasteiger partial charge in [0, 0.05) is 25.7 Å². The maximum Gasteiger partial charge on any atom is 0.243 e. The van der Waals surface area contributed by atoms with E-state index in [0.717, 1.165) is 32.4 Å². The molecule has 1 aromatic rings. The SMILES string of the molecule is Cl.O=C(NC1CCCNC1)C1CCCN(S(=O)(=O)c2ccccc2)C1. The first-order valence-corrected chi connectivity index (χ1v) is 10.1. The Labute approximate surface area is 155 Å². The van der Waals surface area contributed by atoms with E-state index >= 15 is 0 Å².